The zero-order valence-electron chi connectivity index (χ0n) is 11.0. The summed E-state index contributed by atoms with van der Waals surface area (Å²) < 4.78 is 13.7. The van der Waals surface area contributed by atoms with E-state index in [1.807, 2.05) is 6.92 Å². The summed E-state index contributed by atoms with van der Waals surface area (Å²) in [5.41, 5.74) is 1.45. The minimum absolute atomic E-state index is 0.168. The smallest absolute Gasteiger partial charge is 0.129 e. The Morgan fingerprint density at radius 3 is 2.29 bits per heavy atom. The summed E-state index contributed by atoms with van der Waals surface area (Å²) >= 11 is 0. The number of hydrogen-bond acceptors (Lipinski definition) is 1. The maximum atomic E-state index is 13.7. The van der Waals surface area contributed by atoms with E-state index < -0.39 is 6.10 Å². The number of benzene rings is 1. The summed E-state index contributed by atoms with van der Waals surface area (Å²) in [6.07, 6.45) is 3.27. The van der Waals surface area contributed by atoms with E-state index in [2.05, 4.69) is 13.8 Å². The van der Waals surface area contributed by atoms with Gasteiger partial charge in [0, 0.05) is 5.56 Å². The normalized spacial score (nSPS) is 13.1. The standard InChI is InChI=1S/C15H23FO/c1-4-6-12(7-5-2)15(17)13-10-11(3)8-9-14(13)16/h8-10,12,15,17H,4-7H2,1-3H3. The van der Waals surface area contributed by atoms with Crippen molar-refractivity contribution in [3.8, 4) is 0 Å². The first-order valence-electron chi connectivity index (χ1n) is 6.54. The minimum Gasteiger partial charge on any atom is -0.388 e. The molecule has 0 spiro atoms. The van der Waals surface area contributed by atoms with Gasteiger partial charge in [-0.2, -0.15) is 0 Å². The van der Waals surface area contributed by atoms with Crippen molar-refractivity contribution in [3.05, 3.63) is 35.1 Å². The first-order chi connectivity index (χ1) is 8.10. The van der Waals surface area contributed by atoms with Crippen LogP contribution in [0.3, 0.4) is 0 Å². The third-order valence-corrected chi connectivity index (χ3v) is 3.24. The van der Waals surface area contributed by atoms with E-state index in [1.165, 1.54) is 6.07 Å². The Balaban J connectivity index is 2.91. The molecular formula is C15H23FO. The van der Waals surface area contributed by atoms with Gasteiger partial charge in [-0.15, -0.1) is 0 Å². The summed E-state index contributed by atoms with van der Waals surface area (Å²) in [5, 5.41) is 10.3. The van der Waals surface area contributed by atoms with Gasteiger partial charge in [-0.05, 0) is 31.7 Å². The molecule has 0 saturated carbocycles. The van der Waals surface area contributed by atoms with E-state index in [0.29, 0.717) is 5.56 Å². The highest BCUT2D eigenvalue weighted by Crippen LogP contribution is 2.31. The van der Waals surface area contributed by atoms with Crippen LogP contribution in [0.5, 0.6) is 0 Å². The highest BCUT2D eigenvalue weighted by atomic mass is 19.1. The highest BCUT2D eigenvalue weighted by molar-refractivity contribution is 5.26. The molecule has 1 atom stereocenters. The Bertz CT molecular complexity index is 343. The quantitative estimate of drug-likeness (QED) is 0.779. The molecule has 1 aromatic carbocycles. The number of hydrogen-bond donors (Lipinski definition) is 1. The van der Waals surface area contributed by atoms with Crippen LogP contribution in [0.15, 0.2) is 18.2 Å². The van der Waals surface area contributed by atoms with Gasteiger partial charge in [-0.25, -0.2) is 4.39 Å². The highest BCUT2D eigenvalue weighted by Gasteiger charge is 2.22. The average molecular weight is 238 g/mol. The lowest BCUT2D eigenvalue weighted by atomic mass is 9.87. The van der Waals surface area contributed by atoms with Crippen LogP contribution in [0.4, 0.5) is 4.39 Å². The van der Waals surface area contributed by atoms with Gasteiger partial charge in [0.15, 0.2) is 0 Å². The monoisotopic (exact) mass is 238 g/mol. The molecule has 0 radical (unpaired) electrons. The molecule has 0 saturated heterocycles. The summed E-state index contributed by atoms with van der Waals surface area (Å²) in [6.45, 7) is 6.12. The Hall–Kier alpha value is -0.890. The molecule has 0 aliphatic rings. The Morgan fingerprint density at radius 1 is 1.18 bits per heavy atom. The van der Waals surface area contributed by atoms with Crippen molar-refractivity contribution in [2.24, 2.45) is 5.92 Å². The summed E-state index contributed by atoms with van der Waals surface area (Å²) in [7, 11) is 0. The first kappa shape index (κ1) is 14.2. The number of halogens is 1. The van der Waals surface area contributed by atoms with Crippen molar-refractivity contribution in [3.63, 3.8) is 0 Å². The zero-order valence-corrected chi connectivity index (χ0v) is 11.0. The average Bonchev–Trinajstić information content (AvgIpc) is 2.31. The van der Waals surface area contributed by atoms with Crippen molar-refractivity contribution in [1.29, 1.82) is 0 Å². The van der Waals surface area contributed by atoms with E-state index >= 15 is 0 Å². The zero-order chi connectivity index (χ0) is 12.8. The summed E-state index contributed by atoms with van der Waals surface area (Å²) in [5.74, 6) is -0.124. The van der Waals surface area contributed by atoms with Crippen LogP contribution in [0.1, 0.15) is 56.8 Å². The van der Waals surface area contributed by atoms with Crippen LogP contribution in [-0.2, 0) is 0 Å². The van der Waals surface area contributed by atoms with E-state index in [-0.39, 0.29) is 11.7 Å². The molecule has 1 unspecified atom stereocenters. The Labute approximate surface area is 104 Å². The Morgan fingerprint density at radius 2 is 1.76 bits per heavy atom. The molecule has 0 aliphatic heterocycles. The SMILES string of the molecule is CCCC(CCC)C(O)c1cc(C)ccc1F. The molecule has 0 amide bonds. The molecule has 1 N–H and O–H groups in total. The summed E-state index contributed by atoms with van der Waals surface area (Å²) in [4.78, 5) is 0. The van der Waals surface area contributed by atoms with Crippen LogP contribution < -0.4 is 0 Å². The van der Waals surface area contributed by atoms with Crippen LogP contribution in [0.25, 0.3) is 0 Å². The molecule has 0 heterocycles. The molecular weight excluding hydrogens is 215 g/mol. The lowest BCUT2D eigenvalue weighted by Gasteiger charge is -2.23. The maximum absolute atomic E-state index is 13.7. The molecule has 0 fully saturated rings. The molecule has 0 aromatic heterocycles. The number of aliphatic hydroxyl groups is 1. The van der Waals surface area contributed by atoms with Crippen molar-refractivity contribution in [1.82, 2.24) is 0 Å². The molecule has 96 valence electrons. The van der Waals surface area contributed by atoms with Gasteiger partial charge >= 0.3 is 0 Å². The van der Waals surface area contributed by atoms with Gasteiger partial charge < -0.3 is 5.11 Å². The minimum atomic E-state index is -0.671. The molecule has 1 rings (SSSR count). The van der Waals surface area contributed by atoms with E-state index in [9.17, 15) is 9.50 Å². The molecule has 1 nitrogen and oxygen atoms in total. The van der Waals surface area contributed by atoms with Crippen molar-refractivity contribution >= 4 is 0 Å². The van der Waals surface area contributed by atoms with Gasteiger partial charge in [0.1, 0.15) is 5.82 Å². The third-order valence-electron chi connectivity index (χ3n) is 3.24. The topological polar surface area (TPSA) is 20.2 Å². The lowest BCUT2D eigenvalue weighted by Crippen LogP contribution is -2.14. The van der Waals surface area contributed by atoms with Gasteiger partial charge in [0.25, 0.3) is 0 Å². The fraction of sp³-hybridized carbons (Fsp3) is 0.600. The lowest BCUT2D eigenvalue weighted by molar-refractivity contribution is 0.0929. The maximum Gasteiger partial charge on any atom is 0.129 e. The van der Waals surface area contributed by atoms with Gasteiger partial charge in [-0.1, -0.05) is 44.4 Å². The van der Waals surface area contributed by atoms with Gasteiger partial charge in [0.05, 0.1) is 6.10 Å². The van der Waals surface area contributed by atoms with E-state index in [0.717, 1.165) is 31.2 Å². The van der Waals surface area contributed by atoms with Crippen molar-refractivity contribution < 1.29 is 9.50 Å². The predicted octanol–water partition coefficient (Wildman–Crippen LogP) is 4.38. The summed E-state index contributed by atoms with van der Waals surface area (Å²) in [6, 6.07) is 4.95. The second-order valence-electron chi connectivity index (χ2n) is 4.81. The molecule has 0 bridgehead atoms. The van der Waals surface area contributed by atoms with Crippen LogP contribution >= 0.6 is 0 Å². The second-order valence-corrected chi connectivity index (χ2v) is 4.81. The number of aryl methyl sites for hydroxylation is 1. The fourth-order valence-corrected chi connectivity index (χ4v) is 2.35. The van der Waals surface area contributed by atoms with E-state index in [1.54, 1.807) is 12.1 Å². The Kier molecular flexibility index (Phi) is 5.63. The molecule has 1 aromatic rings. The molecule has 17 heavy (non-hydrogen) atoms. The van der Waals surface area contributed by atoms with Crippen molar-refractivity contribution in [2.75, 3.05) is 0 Å². The van der Waals surface area contributed by atoms with E-state index in [4.69, 9.17) is 0 Å². The van der Waals surface area contributed by atoms with Gasteiger partial charge in [0.2, 0.25) is 0 Å². The van der Waals surface area contributed by atoms with Crippen molar-refractivity contribution in [2.45, 2.75) is 52.6 Å². The fourth-order valence-electron chi connectivity index (χ4n) is 2.35. The third kappa shape index (κ3) is 3.81. The predicted molar refractivity (Wildman–Crippen MR) is 69.4 cm³/mol. The van der Waals surface area contributed by atoms with Crippen LogP contribution in [0.2, 0.25) is 0 Å². The second kappa shape index (κ2) is 6.75. The number of aliphatic hydroxyl groups excluding tert-OH is 1. The first-order valence-corrected chi connectivity index (χ1v) is 6.54. The number of rotatable bonds is 6. The molecule has 0 aliphatic carbocycles. The molecule has 2 heteroatoms. The van der Waals surface area contributed by atoms with Gasteiger partial charge in [-0.3, -0.25) is 0 Å². The largest absolute Gasteiger partial charge is 0.388 e. The van der Waals surface area contributed by atoms with Crippen LogP contribution in [-0.4, -0.2) is 5.11 Å². The van der Waals surface area contributed by atoms with Crippen LogP contribution in [0, 0.1) is 18.7 Å².